The molecular weight excluding hydrogens is 434 g/mol. The maximum atomic E-state index is 12.6. The van der Waals surface area contributed by atoms with Gasteiger partial charge in [-0.15, -0.1) is 0 Å². The molecule has 0 aliphatic heterocycles. The minimum Gasteiger partial charge on any atom is -0.497 e. The van der Waals surface area contributed by atoms with Crippen molar-refractivity contribution in [3.8, 4) is 17.2 Å². The Hall–Kier alpha value is -3.26. The topological polar surface area (TPSA) is 98.3 Å². The monoisotopic (exact) mass is 461 g/mol. The van der Waals surface area contributed by atoms with Gasteiger partial charge in [0, 0.05) is 10.6 Å². The van der Waals surface area contributed by atoms with Crippen molar-refractivity contribution in [3.63, 3.8) is 0 Å². The van der Waals surface area contributed by atoms with Crippen LogP contribution < -0.4 is 25.0 Å². The van der Waals surface area contributed by atoms with E-state index < -0.39 is 17.9 Å². The normalized spacial score (nSPS) is 11.8. The molecule has 8 nitrogen and oxygen atoms in total. The highest BCUT2D eigenvalue weighted by atomic mass is 35.5. The van der Waals surface area contributed by atoms with E-state index in [1.807, 2.05) is 13.8 Å². The van der Waals surface area contributed by atoms with Crippen molar-refractivity contribution in [3.05, 3.63) is 53.1 Å². The van der Waals surface area contributed by atoms with Crippen molar-refractivity contribution in [1.82, 2.24) is 10.7 Å². The van der Waals surface area contributed by atoms with E-state index in [4.69, 9.17) is 25.8 Å². The highest BCUT2D eigenvalue weighted by molar-refractivity contribution is 6.30. The summed E-state index contributed by atoms with van der Waals surface area (Å²) in [5, 5.41) is 7.28. The van der Waals surface area contributed by atoms with Crippen LogP contribution >= 0.6 is 11.6 Å². The Morgan fingerprint density at radius 1 is 1.06 bits per heavy atom. The van der Waals surface area contributed by atoms with Gasteiger partial charge in [-0.05, 0) is 54.8 Å². The molecule has 0 saturated heterocycles. The Balaban J connectivity index is 1.97. The van der Waals surface area contributed by atoms with Gasteiger partial charge in [-0.1, -0.05) is 25.4 Å². The maximum absolute atomic E-state index is 12.6. The van der Waals surface area contributed by atoms with Gasteiger partial charge in [-0.3, -0.25) is 9.59 Å². The average molecular weight is 462 g/mol. The van der Waals surface area contributed by atoms with E-state index in [1.165, 1.54) is 13.3 Å². The van der Waals surface area contributed by atoms with Gasteiger partial charge in [-0.25, -0.2) is 5.43 Å². The predicted octanol–water partition coefficient (Wildman–Crippen LogP) is 3.42. The van der Waals surface area contributed by atoms with Gasteiger partial charge in [0.1, 0.15) is 23.3 Å². The van der Waals surface area contributed by atoms with Crippen LogP contribution in [0.25, 0.3) is 0 Å². The molecule has 2 N–H and O–H groups in total. The summed E-state index contributed by atoms with van der Waals surface area (Å²) in [5.41, 5.74) is 3.11. The van der Waals surface area contributed by atoms with E-state index in [0.717, 1.165) is 0 Å². The first-order valence-electron chi connectivity index (χ1n) is 10.0. The molecule has 2 aromatic rings. The number of benzene rings is 2. The number of nitrogens with one attached hydrogen (secondary N) is 2. The van der Waals surface area contributed by atoms with Crippen molar-refractivity contribution >= 4 is 29.6 Å². The third-order valence-corrected chi connectivity index (χ3v) is 4.61. The fourth-order valence-corrected chi connectivity index (χ4v) is 2.93. The summed E-state index contributed by atoms with van der Waals surface area (Å²) < 4.78 is 15.9. The molecular formula is C23H28ClN3O5. The molecule has 0 saturated carbocycles. The lowest BCUT2D eigenvalue weighted by atomic mass is 10.0. The number of hydrogen-bond acceptors (Lipinski definition) is 6. The lowest BCUT2D eigenvalue weighted by Crippen LogP contribution is -2.47. The predicted molar refractivity (Wildman–Crippen MR) is 124 cm³/mol. The van der Waals surface area contributed by atoms with Crippen LogP contribution in [-0.4, -0.2) is 44.9 Å². The van der Waals surface area contributed by atoms with Crippen LogP contribution in [0.5, 0.6) is 17.2 Å². The number of halogens is 1. The zero-order valence-electron chi connectivity index (χ0n) is 18.6. The molecule has 0 aliphatic rings. The molecule has 32 heavy (non-hydrogen) atoms. The number of hydrazone groups is 1. The molecule has 2 aromatic carbocycles. The van der Waals surface area contributed by atoms with E-state index in [9.17, 15) is 9.59 Å². The third-order valence-electron chi connectivity index (χ3n) is 4.36. The summed E-state index contributed by atoms with van der Waals surface area (Å²) in [6, 6.07) is 11.1. The number of amides is 2. The largest absolute Gasteiger partial charge is 0.497 e. The highest BCUT2D eigenvalue weighted by Crippen LogP contribution is 2.22. The van der Waals surface area contributed by atoms with Gasteiger partial charge in [0.05, 0.1) is 20.4 Å². The smallest absolute Gasteiger partial charge is 0.262 e. The van der Waals surface area contributed by atoms with Crippen LogP contribution in [0.15, 0.2) is 47.6 Å². The summed E-state index contributed by atoms with van der Waals surface area (Å²) in [5.74, 6) is 1.03. The van der Waals surface area contributed by atoms with Gasteiger partial charge in [0.15, 0.2) is 6.61 Å². The quantitative estimate of drug-likeness (QED) is 0.394. The Bertz CT molecular complexity index is 932. The molecule has 0 unspecified atom stereocenters. The first kappa shape index (κ1) is 25.0. The van der Waals surface area contributed by atoms with Gasteiger partial charge in [0.25, 0.3) is 11.8 Å². The number of carbonyl (C=O) groups excluding carboxylic acids is 2. The molecule has 9 heteroatoms. The van der Waals surface area contributed by atoms with Crippen molar-refractivity contribution < 1.29 is 23.8 Å². The zero-order chi connectivity index (χ0) is 23.5. The Morgan fingerprint density at radius 2 is 1.75 bits per heavy atom. The Labute approximate surface area is 192 Å². The van der Waals surface area contributed by atoms with Gasteiger partial charge in [-0.2, -0.15) is 5.10 Å². The number of nitrogens with zero attached hydrogens (tertiary/aromatic N) is 1. The Kier molecular flexibility index (Phi) is 9.81. The molecule has 0 fully saturated rings. The van der Waals surface area contributed by atoms with Crippen LogP contribution in [0.3, 0.4) is 0 Å². The molecule has 172 valence electrons. The van der Waals surface area contributed by atoms with E-state index in [0.29, 0.717) is 34.3 Å². The van der Waals surface area contributed by atoms with Gasteiger partial charge < -0.3 is 19.5 Å². The standard InChI is InChI=1S/C23H28ClN3O5/c1-15(2)11-20(26-22(28)14-32-18-7-5-17(24)6-8-18)23(29)27-25-13-16-12-19(30-3)9-10-21(16)31-4/h5-10,12-13,15,20H,11,14H2,1-4H3,(H,26,28)(H,27,29)/b25-13-/t20-/m1/s1. The third kappa shape index (κ3) is 8.11. The molecule has 0 aliphatic carbocycles. The SMILES string of the molecule is COc1ccc(OC)c(/C=N\NC(=O)[C@@H](CC(C)C)NC(=O)COc2ccc(Cl)cc2)c1. The molecule has 0 aromatic heterocycles. The second kappa shape index (κ2) is 12.6. The maximum Gasteiger partial charge on any atom is 0.262 e. The summed E-state index contributed by atoms with van der Waals surface area (Å²) in [4.78, 5) is 25.0. The minimum absolute atomic E-state index is 0.172. The van der Waals surface area contributed by atoms with Crippen LogP contribution in [0.1, 0.15) is 25.8 Å². The molecule has 2 amide bonds. The van der Waals surface area contributed by atoms with E-state index >= 15 is 0 Å². The lowest BCUT2D eigenvalue weighted by molar-refractivity contribution is -0.130. The molecule has 0 heterocycles. The van der Waals surface area contributed by atoms with Crippen molar-refractivity contribution in [1.29, 1.82) is 0 Å². The first-order chi connectivity index (χ1) is 15.3. The zero-order valence-corrected chi connectivity index (χ0v) is 19.3. The molecule has 0 radical (unpaired) electrons. The summed E-state index contributed by atoms with van der Waals surface area (Å²) >= 11 is 5.84. The first-order valence-corrected chi connectivity index (χ1v) is 10.4. The minimum atomic E-state index is -0.763. The van der Waals surface area contributed by atoms with Crippen molar-refractivity contribution in [2.45, 2.75) is 26.3 Å². The van der Waals surface area contributed by atoms with Crippen molar-refractivity contribution in [2.24, 2.45) is 11.0 Å². The molecule has 0 bridgehead atoms. The fraction of sp³-hybridized carbons (Fsp3) is 0.348. The van der Waals surface area contributed by atoms with Crippen LogP contribution in [0, 0.1) is 5.92 Å². The summed E-state index contributed by atoms with van der Waals surface area (Å²) in [6.45, 7) is 3.69. The number of methoxy groups -OCH3 is 2. The van der Waals surface area contributed by atoms with Crippen LogP contribution in [0.2, 0.25) is 5.02 Å². The molecule has 0 spiro atoms. The molecule has 1 atom stereocenters. The number of hydrogen-bond donors (Lipinski definition) is 2. The van der Waals surface area contributed by atoms with Gasteiger partial charge >= 0.3 is 0 Å². The van der Waals surface area contributed by atoms with Gasteiger partial charge in [0.2, 0.25) is 0 Å². The number of rotatable bonds is 11. The average Bonchev–Trinajstić information content (AvgIpc) is 2.77. The summed E-state index contributed by atoms with van der Waals surface area (Å²) in [7, 11) is 3.10. The highest BCUT2D eigenvalue weighted by Gasteiger charge is 2.22. The lowest BCUT2D eigenvalue weighted by Gasteiger charge is -2.19. The van der Waals surface area contributed by atoms with E-state index in [2.05, 4.69) is 15.8 Å². The van der Waals surface area contributed by atoms with Crippen molar-refractivity contribution in [2.75, 3.05) is 20.8 Å². The fourth-order valence-electron chi connectivity index (χ4n) is 2.80. The molecule has 2 rings (SSSR count). The summed E-state index contributed by atoms with van der Waals surface area (Å²) in [6.07, 6.45) is 1.90. The van der Waals surface area contributed by atoms with Crippen LogP contribution in [0.4, 0.5) is 0 Å². The van der Waals surface area contributed by atoms with E-state index in [1.54, 1.807) is 49.6 Å². The number of ether oxygens (including phenoxy) is 3. The number of carbonyl (C=O) groups is 2. The Morgan fingerprint density at radius 3 is 2.38 bits per heavy atom. The van der Waals surface area contributed by atoms with E-state index in [-0.39, 0.29) is 12.5 Å². The van der Waals surface area contributed by atoms with Crippen LogP contribution in [-0.2, 0) is 9.59 Å². The second-order valence-corrected chi connectivity index (χ2v) is 7.77. The second-order valence-electron chi connectivity index (χ2n) is 7.33.